The van der Waals surface area contributed by atoms with Gasteiger partial charge in [0, 0.05) is 51.4 Å². The number of rotatable bonds is 8. The second-order valence-electron chi connectivity index (χ2n) is 6.92. The first-order valence-electron chi connectivity index (χ1n) is 9.61. The van der Waals surface area contributed by atoms with E-state index in [2.05, 4.69) is 18.2 Å². The fourth-order valence-corrected chi connectivity index (χ4v) is 8.74. The van der Waals surface area contributed by atoms with Gasteiger partial charge in [0.25, 0.3) is 0 Å². The Kier molecular flexibility index (Phi) is 12.3. The van der Waals surface area contributed by atoms with E-state index in [9.17, 15) is 14.7 Å². The van der Waals surface area contributed by atoms with Gasteiger partial charge in [-0.05, 0) is 52.7 Å². The molecule has 0 radical (unpaired) electrons. The van der Waals surface area contributed by atoms with E-state index >= 15 is 0 Å². The fourth-order valence-electron chi connectivity index (χ4n) is 3.43. The molecule has 5 rings (SSSR count). The van der Waals surface area contributed by atoms with E-state index in [0.717, 1.165) is 45.3 Å². The van der Waals surface area contributed by atoms with Crippen LogP contribution in [0.3, 0.4) is 0 Å². The number of carboxylic acid groups (broad SMARTS) is 1. The third-order valence-corrected chi connectivity index (χ3v) is 10.7. The van der Waals surface area contributed by atoms with Crippen molar-refractivity contribution in [3.8, 4) is 39.0 Å². The van der Waals surface area contributed by atoms with E-state index in [4.69, 9.17) is 0 Å². The van der Waals surface area contributed by atoms with Crippen LogP contribution in [0.2, 0.25) is 0 Å². The average molecular weight is 574 g/mol. The van der Waals surface area contributed by atoms with Crippen LogP contribution in [0.1, 0.15) is 11.1 Å². The molecule has 0 spiro atoms. The van der Waals surface area contributed by atoms with Crippen LogP contribution >= 0.6 is 56.7 Å². The summed E-state index contributed by atoms with van der Waals surface area (Å²) in [7, 11) is 0. The van der Waals surface area contributed by atoms with Crippen LogP contribution < -0.4 is 64.2 Å². The van der Waals surface area contributed by atoms with Gasteiger partial charge in [0.05, 0.1) is 0 Å². The van der Waals surface area contributed by atoms with Crippen molar-refractivity contribution < 1.29 is 79.3 Å². The van der Waals surface area contributed by atoms with Crippen LogP contribution in [-0.2, 0) is 22.4 Å². The molecule has 35 heavy (non-hydrogen) atoms. The molecule has 168 valence electrons. The van der Waals surface area contributed by atoms with Crippen molar-refractivity contribution in [2.45, 2.75) is 12.8 Å². The zero-order chi connectivity index (χ0) is 22.1. The van der Waals surface area contributed by atoms with Gasteiger partial charge >= 0.3 is 59.1 Å². The Hall–Kier alpha value is -0.400. The molecule has 0 amide bonds. The maximum absolute atomic E-state index is 11.4. The number of hydrogen-bond donors (Lipinski definition) is 0. The molecule has 0 unspecified atom stereocenters. The van der Waals surface area contributed by atoms with Crippen LogP contribution in [0.4, 0.5) is 0 Å². The summed E-state index contributed by atoms with van der Waals surface area (Å²) < 4.78 is 0. The smallest absolute Gasteiger partial charge is 0.870 e. The van der Waals surface area contributed by atoms with Crippen LogP contribution in [0, 0.1) is 0 Å². The molecular formula is C24H15Na2O4S5-. The monoisotopic (exact) mass is 573 g/mol. The molecule has 0 aromatic carbocycles. The van der Waals surface area contributed by atoms with Gasteiger partial charge < -0.3 is 20.2 Å². The van der Waals surface area contributed by atoms with E-state index < -0.39 is 5.97 Å². The Labute approximate surface area is 267 Å². The van der Waals surface area contributed by atoms with E-state index in [1.807, 2.05) is 47.4 Å². The minimum Gasteiger partial charge on any atom is -0.870 e. The first-order valence-corrected chi connectivity index (χ1v) is 13.8. The number of carboxylic acids is 1. The van der Waals surface area contributed by atoms with E-state index in [-0.39, 0.29) is 77.4 Å². The molecule has 5 aromatic heterocycles. The Bertz CT molecular complexity index is 1380. The van der Waals surface area contributed by atoms with E-state index in [1.54, 1.807) is 56.7 Å². The van der Waals surface area contributed by atoms with Crippen molar-refractivity contribution in [1.82, 2.24) is 0 Å². The Morgan fingerprint density at radius 2 is 1.26 bits per heavy atom. The predicted octanol–water partition coefficient (Wildman–Crippen LogP) is 0.438. The van der Waals surface area contributed by atoms with Gasteiger partial charge in [0.15, 0.2) is 0 Å². The molecule has 1 N–H and O–H groups in total. The molecule has 0 aliphatic heterocycles. The average Bonchev–Trinajstić information content (AvgIpc) is 3.58. The number of carbonyl (C=O) groups is 1. The maximum Gasteiger partial charge on any atom is 1.00 e. The molecular weight excluding hydrogens is 559 g/mol. The van der Waals surface area contributed by atoms with Gasteiger partial charge in [-0.3, -0.25) is 6.29 Å². The second-order valence-corrected chi connectivity index (χ2v) is 12.0. The van der Waals surface area contributed by atoms with Gasteiger partial charge in [0.1, 0.15) is 0 Å². The molecule has 5 aromatic rings. The standard InChI is InChI=1S/C24H15O3S5.2Na.H2O/c25-8-7-14-11-20(16-3-1-9-28-16)31-23(14)18-5-6-19(30-18)24-15(13-22(26)27)12-21(32-24)17-4-2-10-29-17;;;/h1-6,9-12H,7,13H2,(H,26,27);;;1H2/q-1;2*+1;/p-2. The Balaban J connectivity index is 0.00000144. The molecule has 0 saturated heterocycles. The van der Waals surface area contributed by atoms with Crippen molar-refractivity contribution in [3.63, 3.8) is 0 Å². The van der Waals surface area contributed by atoms with E-state index in [1.165, 1.54) is 4.88 Å². The zero-order valence-corrected chi connectivity index (χ0v) is 27.0. The van der Waals surface area contributed by atoms with Gasteiger partial charge in [0.2, 0.25) is 0 Å². The quantitative estimate of drug-likeness (QED) is 0.199. The van der Waals surface area contributed by atoms with Crippen molar-refractivity contribution in [1.29, 1.82) is 0 Å². The number of thiophene rings is 5. The fraction of sp³-hybridized carbons (Fsp3) is 0.0833. The van der Waals surface area contributed by atoms with Gasteiger partial charge in [-0.2, -0.15) is 0 Å². The summed E-state index contributed by atoms with van der Waals surface area (Å²) >= 11 is 8.24. The Morgan fingerprint density at radius 1 is 0.743 bits per heavy atom. The summed E-state index contributed by atoms with van der Waals surface area (Å²) in [6.45, 7) is 0. The van der Waals surface area contributed by atoms with Crippen molar-refractivity contribution >= 4 is 68.9 Å². The normalized spacial score (nSPS) is 10.2. The number of aliphatic carboxylic acids is 1. The van der Waals surface area contributed by atoms with Gasteiger partial charge in [-0.15, -0.1) is 63.1 Å². The zero-order valence-electron chi connectivity index (χ0n) is 18.9. The largest absolute Gasteiger partial charge is 1.00 e. The summed E-state index contributed by atoms with van der Waals surface area (Å²) in [5, 5.41) is 15.4. The second kappa shape index (κ2) is 13.9. The number of carbonyl (C=O) groups excluding carboxylic acids is 2. The third-order valence-electron chi connectivity index (χ3n) is 4.80. The molecule has 0 fully saturated rings. The van der Waals surface area contributed by atoms with Crippen LogP contribution in [0.15, 0.2) is 59.3 Å². The molecule has 0 atom stereocenters. The SMILES string of the molecule is O=[C-]Cc1cc(-c2cccs2)sc1-c1ccc(-c2sc(-c3cccs3)cc2CC(=O)[O-])s1.[Na+].[Na+].[OH-]. The first kappa shape index (κ1) is 30.8. The number of hydrogen-bond acceptors (Lipinski definition) is 9. The first-order chi connectivity index (χ1) is 15.6. The minimum atomic E-state index is -1.08. The molecule has 5 heterocycles. The van der Waals surface area contributed by atoms with Crippen LogP contribution in [0.5, 0.6) is 0 Å². The van der Waals surface area contributed by atoms with Crippen molar-refractivity contribution in [2.24, 2.45) is 0 Å². The third kappa shape index (κ3) is 6.93. The van der Waals surface area contributed by atoms with Gasteiger partial charge in [-0.1, -0.05) is 17.7 Å². The summed E-state index contributed by atoms with van der Waals surface area (Å²) in [5.74, 6) is -1.08. The molecule has 4 nitrogen and oxygen atoms in total. The summed E-state index contributed by atoms with van der Waals surface area (Å²) in [4.78, 5) is 31.2. The molecule has 11 heteroatoms. The summed E-state index contributed by atoms with van der Waals surface area (Å²) in [6, 6.07) is 16.3. The minimum absolute atomic E-state index is 0. The van der Waals surface area contributed by atoms with Gasteiger partial charge in [-0.25, -0.2) is 0 Å². The van der Waals surface area contributed by atoms with Crippen molar-refractivity contribution in [3.05, 3.63) is 70.4 Å². The predicted molar refractivity (Wildman–Crippen MR) is 138 cm³/mol. The summed E-state index contributed by atoms with van der Waals surface area (Å²) in [6.07, 6.45) is 2.17. The summed E-state index contributed by atoms with van der Waals surface area (Å²) in [5.41, 5.74) is 1.75. The maximum atomic E-state index is 11.4. The molecule has 0 aliphatic rings. The topological polar surface area (TPSA) is 87.2 Å². The van der Waals surface area contributed by atoms with E-state index in [0.29, 0.717) is 0 Å². The molecule has 0 bridgehead atoms. The Morgan fingerprint density at radius 3 is 1.71 bits per heavy atom. The van der Waals surface area contributed by atoms with Crippen molar-refractivity contribution in [2.75, 3.05) is 0 Å². The van der Waals surface area contributed by atoms with Crippen LogP contribution in [0.25, 0.3) is 39.0 Å². The molecule has 0 aliphatic carbocycles. The van der Waals surface area contributed by atoms with Crippen LogP contribution in [-0.4, -0.2) is 17.7 Å². The molecule has 0 saturated carbocycles.